The van der Waals surface area contributed by atoms with Crippen molar-refractivity contribution in [2.24, 2.45) is 5.92 Å². The number of hydrogen-bond donors (Lipinski definition) is 2. The lowest BCUT2D eigenvalue weighted by Crippen LogP contribution is -2.52. The van der Waals surface area contributed by atoms with Crippen molar-refractivity contribution in [1.29, 1.82) is 0 Å². The summed E-state index contributed by atoms with van der Waals surface area (Å²) in [6.45, 7) is 1.22. The zero-order valence-corrected chi connectivity index (χ0v) is 19.2. The van der Waals surface area contributed by atoms with Gasteiger partial charge in [-0.1, -0.05) is 18.2 Å². The molecule has 0 saturated carbocycles. The molecule has 1 aromatic rings. The fourth-order valence-corrected chi connectivity index (χ4v) is 5.50. The van der Waals surface area contributed by atoms with Crippen LogP contribution in [0.1, 0.15) is 19.3 Å². The molecule has 1 fully saturated rings. The zero-order valence-electron chi connectivity index (χ0n) is 16.7. The summed E-state index contributed by atoms with van der Waals surface area (Å²) in [5.74, 6) is 0.387. The van der Waals surface area contributed by atoms with Crippen LogP contribution in [0.15, 0.2) is 35.2 Å². The van der Waals surface area contributed by atoms with Gasteiger partial charge in [0.1, 0.15) is 6.04 Å². The molecule has 1 heterocycles. The van der Waals surface area contributed by atoms with E-state index in [0.29, 0.717) is 25.3 Å². The fraction of sp³-hybridized carbons (Fsp3) is 0.611. The van der Waals surface area contributed by atoms with Gasteiger partial charge in [-0.3, -0.25) is 4.79 Å². The average Bonchev–Trinajstić information content (AvgIpc) is 2.69. The van der Waals surface area contributed by atoms with Gasteiger partial charge in [0, 0.05) is 19.6 Å². The molecule has 0 bridgehead atoms. The predicted molar refractivity (Wildman–Crippen MR) is 116 cm³/mol. The van der Waals surface area contributed by atoms with E-state index in [2.05, 4.69) is 9.44 Å². The number of benzene rings is 1. The predicted octanol–water partition coefficient (Wildman–Crippen LogP) is 0.874. The van der Waals surface area contributed by atoms with E-state index in [0.717, 1.165) is 19.1 Å². The molecule has 8 nitrogen and oxygen atoms in total. The smallest absolute Gasteiger partial charge is 0.241 e. The standard InChI is InChI=1S/C18H29N3O5S3/c1-27-12-10-17(20-29(25,26)16-8-4-3-5-9-16)18(22)21-11-6-7-15(14-21)13-19-28(2,23)24/h3-5,8-9,15,17,19-20H,6-7,10-14H2,1-2H3. The van der Waals surface area contributed by atoms with E-state index in [1.807, 2.05) is 6.26 Å². The second-order valence-corrected chi connectivity index (χ2v) is 11.7. The number of nitrogens with zero attached hydrogens (tertiary/aromatic N) is 1. The summed E-state index contributed by atoms with van der Waals surface area (Å²) in [7, 11) is -7.11. The first-order chi connectivity index (χ1) is 13.6. The molecule has 11 heteroatoms. The number of hydrogen-bond acceptors (Lipinski definition) is 6. The molecule has 1 saturated heterocycles. The minimum atomic E-state index is -3.82. The lowest BCUT2D eigenvalue weighted by molar-refractivity contribution is -0.134. The molecule has 1 aliphatic heterocycles. The SMILES string of the molecule is CSCCC(NS(=O)(=O)c1ccccc1)C(=O)N1CCCC(CNS(C)(=O)=O)C1. The van der Waals surface area contributed by atoms with Gasteiger partial charge in [-0.2, -0.15) is 16.5 Å². The van der Waals surface area contributed by atoms with E-state index in [1.165, 1.54) is 12.1 Å². The molecule has 0 aliphatic carbocycles. The number of carbonyl (C=O) groups excluding carboxylic acids is 1. The Hall–Kier alpha value is -1.14. The summed E-state index contributed by atoms with van der Waals surface area (Å²) in [6, 6.07) is 7.13. The molecule has 2 N–H and O–H groups in total. The lowest BCUT2D eigenvalue weighted by atomic mass is 9.97. The number of nitrogens with one attached hydrogen (secondary N) is 2. The number of likely N-dealkylation sites (tertiary alicyclic amines) is 1. The number of piperidine rings is 1. The summed E-state index contributed by atoms with van der Waals surface area (Å²) < 4.78 is 53.1. The minimum absolute atomic E-state index is 0.00866. The van der Waals surface area contributed by atoms with Crippen LogP contribution < -0.4 is 9.44 Å². The highest BCUT2D eigenvalue weighted by atomic mass is 32.2. The monoisotopic (exact) mass is 463 g/mol. The second kappa shape index (κ2) is 10.8. The first kappa shape index (κ1) is 24.1. The first-order valence-electron chi connectivity index (χ1n) is 9.42. The fourth-order valence-electron chi connectivity index (χ4n) is 3.24. The minimum Gasteiger partial charge on any atom is -0.341 e. The van der Waals surface area contributed by atoms with Crippen LogP contribution >= 0.6 is 11.8 Å². The summed E-state index contributed by atoms with van der Waals surface area (Å²) in [4.78, 5) is 14.9. The van der Waals surface area contributed by atoms with Crippen molar-refractivity contribution in [3.63, 3.8) is 0 Å². The van der Waals surface area contributed by atoms with E-state index < -0.39 is 26.1 Å². The van der Waals surface area contributed by atoms with Crippen molar-refractivity contribution in [3.05, 3.63) is 30.3 Å². The molecular formula is C18H29N3O5S3. The van der Waals surface area contributed by atoms with E-state index in [-0.39, 0.29) is 23.3 Å². The van der Waals surface area contributed by atoms with Crippen LogP contribution in [0.4, 0.5) is 0 Å². The zero-order chi connectivity index (χ0) is 21.5. The van der Waals surface area contributed by atoms with E-state index in [4.69, 9.17) is 0 Å². The van der Waals surface area contributed by atoms with Gasteiger partial charge in [-0.25, -0.2) is 21.6 Å². The first-order valence-corrected chi connectivity index (χ1v) is 14.2. The Morgan fingerprint density at radius 3 is 2.55 bits per heavy atom. The molecule has 2 atom stereocenters. The van der Waals surface area contributed by atoms with Crippen molar-refractivity contribution in [1.82, 2.24) is 14.3 Å². The van der Waals surface area contributed by atoms with Gasteiger partial charge in [0.05, 0.1) is 11.2 Å². The van der Waals surface area contributed by atoms with Crippen molar-refractivity contribution < 1.29 is 21.6 Å². The van der Waals surface area contributed by atoms with E-state index in [9.17, 15) is 21.6 Å². The summed E-state index contributed by atoms with van der Waals surface area (Å²) >= 11 is 1.54. The Morgan fingerprint density at radius 1 is 1.24 bits per heavy atom. The lowest BCUT2D eigenvalue weighted by Gasteiger charge is -2.35. The van der Waals surface area contributed by atoms with Crippen molar-refractivity contribution in [2.75, 3.05) is 37.9 Å². The molecule has 1 aliphatic rings. The quantitative estimate of drug-likeness (QED) is 0.533. The third kappa shape index (κ3) is 7.89. The van der Waals surface area contributed by atoms with Gasteiger partial charge in [0.2, 0.25) is 26.0 Å². The topological polar surface area (TPSA) is 113 Å². The summed E-state index contributed by atoms with van der Waals surface area (Å²) in [5.41, 5.74) is 0. The van der Waals surface area contributed by atoms with Gasteiger partial charge in [-0.05, 0) is 49.3 Å². The Kier molecular flexibility index (Phi) is 8.95. The molecular weight excluding hydrogens is 434 g/mol. The Bertz CT molecular complexity index is 875. The van der Waals surface area contributed by atoms with Crippen LogP contribution in [0.3, 0.4) is 0 Å². The maximum atomic E-state index is 13.1. The number of rotatable bonds is 10. The number of amides is 1. The van der Waals surface area contributed by atoms with Crippen LogP contribution in [0.5, 0.6) is 0 Å². The van der Waals surface area contributed by atoms with Gasteiger partial charge < -0.3 is 4.90 Å². The van der Waals surface area contributed by atoms with Crippen LogP contribution in [0, 0.1) is 5.92 Å². The van der Waals surface area contributed by atoms with Crippen LogP contribution in [0.25, 0.3) is 0 Å². The molecule has 0 radical (unpaired) electrons. The highest BCUT2D eigenvalue weighted by Crippen LogP contribution is 2.19. The summed E-state index contributed by atoms with van der Waals surface area (Å²) in [6.07, 6.45) is 4.96. The molecule has 1 aromatic carbocycles. The molecule has 164 valence electrons. The third-order valence-electron chi connectivity index (χ3n) is 4.72. The van der Waals surface area contributed by atoms with Gasteiger partial charge in [0.25, 0.3) is 0 Å². The Labute approximate surface area is 177 Å². The van der Waals surface area contributed by atoms with E-state index >= 15 is 0 Å². The second-order valence-electron chi connectivity index (χ2n) is 7.18. The number of carbonyl (C=O) groups is 1. The maximum Gasteiger partial charge on any atom is 0.241 e. The number of sulfonamides is 2. The summed E-state index contributed by atoms with van der Waals surface area (Å²) in [5, 5.41) is 0. The van der Waals surface area contributed by atoms with Crippen LogP contribution in [-0.4, -0.2) is 71.6 Å². The molecule has 0 spiro atoms. The molecule has 1 amide bonds. The average molecular weight is 464 g/mol. The van der Waals surface area contributed by atoms with E-state index in [1.54, 1.807) is 34.9 Å². The van der Waals surface area contributed by atoms with Crippen molar-refractivity contribution >= 4 is 37.7 Å². The van der Waals surface area contributed by atoms with Crippen molar-refractivity contribution in [2.45, 2.75) is 30.2 Å². The molecule has 2 unspecified atom stereocenters. The molecule has 0 aromatic heterocycles. The highest BCUT2D eigenvalue weighted by molar-refractivity contribution is 7.98. The van der Waals surface area contributed by atoms with Gasteiger partial charge in [0.15, 0.2) is 0 Å². The largest absolute Gasteiger partial charge is 0.341 e. The van der Waals surface area contributed by atoms with Crippen molar-refractivity contribution in [3.8, 4) is 0 Å². The van der Waals surface area contributed by atoms with Gasteiger partial charge in [-0.15, -0.1) is 0 Å². The Balaban J connectivity index is 2.09. The van der Waals surface area contributed by atoms with Crippen LogP contribution in [-0.2, 0) is 24.8 Å². The highest BCUT2D eigenvalue weighted by Gasteiger charge is 2.32. The van der Waals surface area contributed by atoms with Crippen LogP contribution in [0.2, 0.25) is 0 Å². The van der Waals surface area contributed by atoms with Gasteiger partial charge >= 0.3 is 0 Å². The maximum absolute atomic E-state index is 13.1. The Morgan fingerprint density at radius 2 is 1.93 bits per heavy atom. The normalized spacial score (nSPS) is 19.1. The molecule has 29 heavy (non-hydrogen) atoms. The third-order valence-corrected chi connectivity index (χ3v) is 7.55. The number of thioether (sulfide) groups is 1. The molecule has 2 rings (SSSR count).